The number of carbonyl (C=O) groups is 1. The number of aromatic nitrogens is 4. The van der Waals surface area contributed by atoms with Crippen LogP contribution in [-0.4, -0.2) is 66.1 Å². The number of nitrogens with zero attached hydrogens (tertiary/aromatic N) is 6. The van der Waals surface area contributed by atoms with E-state index in [9.17, 15) is 4.79 Å². The molecule has 1 aliphatic heterocycles. The number of hydrogen-bond donors (Lipinski definition) is 0. The molecule has 9 heteroatoms. The topological polar surface area (TPSA) is 93.6 Å². The van der Waals surface area contributed by atoms with Gasteiger partial charge in [0.05, 0.1) is 25.5 Å². The average Bonchev–Trinajstić information content (AvgIpc) is 2.88. The van der Waals surface area contributed by atoms with Gasteiger partial charge in [-0.25, -0.2) is 19.9 Å². The van der Waals surface area contributed by atoms with Crippen molar-refractivity contribution in [3.05, 3.63) is 59.7 Å². The zero-order valence-corrected chi connectivity index (χ0v) is 18.8. The van der Waals surface area contributed by atoms with Crippen molar-refractivity contribution >= 4 is 17.7 Å². The van der Waals surface area contributed by atoms with Gasteiger partial charge in [-0.1, -0.05) is 6.07 Å². The second kappa shape index (κ2) is 9.01. The fourth-order valence-corrected chi connectivity index (χ4v) is 4.52. The summed E-state index contributed by atoms with van der Waals surface area (Å²) in [6.45, 7) is 3.10. The fraction of sp³-hybridized carbons (Fsp3) is 0.375. The Hall–Kier alpha value is -3.75. The van der Waals surface area contributed by atoms with Crippen LogP contribution in [0.25, 0.3) is 0 Å². The van der Waals surface area contributed by atoms with Crippen LogP contribution in [0.1, 0.15) is 34.0 Å². The van der Waals surface area contributed by atoms with Crippen LogP contribution in [0.5, 0.6) is 11.5 Å². The molecule has 0 bridgehead atoms. The van der Waals surface area contributed by atoms with Gasteiger partial charge in [0.15, 0.2) is 5.78 Å². The van der Waals surface area contributed by atoms with E-state index in [1.807, 2.05) is 24.3 Å². The summed E-state index contributed by atoms with van der Waals surface area (Å²) in [6, 6.07) is 7.56. The maximum Gasteiger partial charge on any atom is 0.225 e. The maximum atomic E-state index is 12.9. The molecular weight excluding hydrogens is 420 g/mol. The Balaban J connectivity index is 1.34. The van der Waals surface area contributed by atoms with Crippen LogP contribution in [0, 0.1) is 0 Å². The van der Waals surface area contributed by atoms with Gasteiger partial charge < -0.3 is 19.3 Å². The molecule has 1 aromatic carbocycles. The number of methoxy groups -OCH3 is 2. The lowest BCUT2D eigenvalue weighted by Crippen LogP contribution is -2.47. The lowest BCUT2D eigenvalue weighted by Gasteiger charge is -2.35. The second-order valence-corrected chi connectivity index (χ2v) is 8.19. The van der Waals surface area contributed by atoms with E-state index in [-0.39, 0.29) is 11.7 Å². The third-order valence-corrected chi connectivity index (χ3v) is 6.30. The van der Waals surface area contributed by atoms with Crippen molar-refractivity contribution < 1.29 is 14.3 Å². The van der Waals surface area contributed by atoms with Gasteiger partial charge in [0.2, 0.25) is 11.9 Å². The van der Waals surface area contributed by atoms with Gasteiger partial charge in [-0.15, -0.1) is 0 Å². The third-order valence-electron chi connectivity index (χ3n) is 6.30. The number of carbonyl (C=O) groups excluding carboxylic acids is 1. The molecule has 0 radical (unpaired) electrons. The van der Waals surface area contributed by atoms with Gasteiger partial charge in [0, 0.05) is 63.2 Å². The molecule has 3 aromatic rings. The highest BCUT2D eigenvalue weighted by atomic mass is 16.5. The number of Topliss-reactive ketones (excluding diaryl/α,β-unsaturated/α-hetero) is 1. The average molecular weight is 447 g/mol. The Morgan fingerprint density at radius 1 is 0.909 bits per heavy atom. The lowest BCUT2D eigenvalue weighted by molar-refractivity contribution is 0.0962. The van der Waals surface area contributed by atoms with Crippen molar-refractivity contribution in [1.82, 2.24) is 19.9 Å². The van der Waals surface area contributed by atoms with E-state index in [4.69, 9.17) is 14.5 Å². The van der Waals surface area contributed by atoms with Crippen LogP contribution in [0.15, 0.2) is 42.9 Å². The number of piperazine rings is 1. The van der Waals surface area contributed by atoms with Crippen LogP contribution in [0.4, 0.5) is 11.9 Å². The van der Waals surface area contributed by atoms with E-state index in [1.165, 1.54) is 0 Å². The lowest BCUT2D eigenvalue weighted by atomic mass is 9.82. The molecule has 170 valence electrons. The Morgan fingerprint density at radius 2 is 1.64 bits per heavy atom. The fourth-order valence-electron chi connectivity index (χ4n) is 4.52. The van der Waals surface area contributed by atoms with Gasteiger partial charge in [-0.3, -0.25) is 4.79 Å². The van der Waals surface area contributed by atoms with Crippen molar-refractivity contribution in [3.8, 4) is 11.5 Å². The predicted octanol–water partition coefficient (Wildman–Crippen LogP) is 2.52. The Bertz CT molecular complexity index is 1150. The van der Waals surface area contributed by atoms with E-state index in [0.717, 1.165) is 54.9 Å². The molecule has 0 N–H and O–H groups in total. The van der Waals surface area contributed by atoms with Crippen LogP contribution < -0.4 is 19.3 Å². The van der Waals surface area contributed by atoms with Crippen molar-refractivity contribution in [2.75, 3.05) is 50.2 Å². The highest BCUT2D eigenvalue weighted by Crippen LogP contribution is 2.38. The van der Waals surface area contributed by atoms with Gasteiger partial charge >= 0.3 is 0 Å². The molecule has 33 heavy (non-hydrogen) atoms. The molecule has 1 aliphatic carbocycles. The minimum Gasteiger partial charge on any atom is -0.497 e. The molecule has 0 unspecified atom stereocenters. The Morgan fingerprint density at radius 3 is 2.33 bits per heavy atom. The standard InChI is InChI=1S/C24H26N6O3/c1-32-17-4-5-18(22(14-17)33-2)16-12-20-19(21(31)13-16)15-27-24(28-20)30-10-8-29(9-11-30)23-25-6-3-7-26-23/h3-7,14-16H,8-13H2,1-2H3/t16-/m0/s1. The Kier molecular flexibility index (Phi) is 5.77. The van der Waals surface area contributed by atoms with E-state index < -0.39 is 0 Å². The molecule has 1 fully saturated rings. The number of ether oxygens (including phenoxy) is 2. The van der Waals surface area contributed by atoms with Crippen molar-refractivity contribution in [1.29, 1.82) is 0 Å². The van der Waals surface area contributed by atoms with Crippen molar-refractivity contribution in [2.45, 2.75) is 18.8 Å². The summed E-state index contributed by atoms with van der Waals surface area (Å²) in [5, 5.41) is 0. The summed E-state index contributed by atoms with van der Waals surface area (Å²) in [7, 11) is 3.26. The summed E-state index contributed by atoms with van der Waals surface area (Å²) >= 11 is 0. The first-order chi connectivity index (χ1) is 16.2. The predicted molar refractivity (Wildman–Crippen MR) is 123 cm³/mol. The number of anilines is 2. The molecule has 1 saturated heterocycles. The number of hydrogen-bond acceptors (Lipinski definition) is 9. The quantitative estimate of drug-likeness (QED) is 0.586. The highest BCUT2D eigenvalue weighted by Gasteiger charge is 2.31. The summed E-state index contributed by atoms with van der Waals surface area (Å²) < 4.78 is 10.9. The normalized spacial score (nSPS) is 18.1. The summed E-state index contributed by atoms with van der Waals surface area (Å²) in [6.07, 6.45) is 6.28. The third kappa shape index (κ3) is 4.18. The molecule has 1 atom stereocenters. The SMILES string of the molecule is COc1ccc([C@@H]2CC(=O)c3cnc(N4CCN(c5ncccn5)CC4)nc3C2)c(OC)c1. The molecule has 5 rings (SSSR count). The van der Waals surface area contributed by atoms with Crippen molar-refractivity contribution in [2.24, 2.45) is 0 Å². The highest BCUT2D eigenvalue weighted by molar-refractivity contribution is 5.98. The molecule has 9 nitrogen and oxygen atoms in total. The van der Waals surface area contributed by atoms with Crippen LogP contribution >= 0.6 is 0 Å². The summed E-state index contributed by atoms with van der Waals surface area (Å²) in [5.74, 6) is 2.92. The minimum absolute atomic E-state index is 0.000632. The zero-order chi connectivity index (χ0) is 22.8. The van der Waals surface area contributed by atoms with Crippen LogP contribution in [0.2, 0.25) is 0 Å². The first kappa shape index (κ1) is 21.1. The monoisotopic (exact) mass is 446 g/mol. The molecule has 3 heterocycles. The molecule has 0 amide bonds. The van der Waals surface area contributed by atoms with E-state index in [2.05, 4.69) is 24.8 Å². The molecule has 2 aliphatic rings. The Labute approximate surface area is 192 Å². The van der Waals surface area contributed by atoms with E-state index >= 15 is 0 Å². The van der Waals surface area contributed by atoms with Gasteiger partial charge in [0.25, 0.3) is 0 Å². The van der Waals surface area contributed by atoms with E-state index in [0.29, 0.717) is 24.4 Å². The van der Waals surface area contributed by atoms with Crippen LogP contribution in [-0.2, 0) is 6.42 Å². The first-order valence-electron chi connectivity index (χ1n) is 11.0. The summed E-state index contributed by atoms with van der Waals surface area (Å²) in [5.41, 5.74) is 2.42. The zero-order valence-electron chi connectivity index (χ0n) is 18.8. The molecule has 0 saturated carbocycles. The maximum absolute atomic E-state index is 12.9. The van der Waals surface area contributed by atoms with Crippen molar-refractivity contribution in [3.63, 3.8) is 0 Å². The number of fused-ring (bicyclic) bond motifs is 1. The summed E-state index contributed by atoms with van der Waals surface area (Å²) in [4.78, 5) is 35.2. The number of ketones is 1. The first-order valence-corrected chi connectivity index (χ1v) is 11.0. The van der Waals surface area contributed by atoms with Gasteiger partial charge in [-0.05, 0) is 24.1 Å². The van der Waals surface area contributed by atoms with Gasteiger partial charge in [-0.2, -0.15) is 0 Å². The molecule has 2 aromatic heterocycles. The smallest absolute Gasteiger partial charge is 0.225 e. The van der Waals surface area contributed by atoms with Gasteiger partial charge in [0.1, 0.15) is 11.5 Å². The number of benzene rings is 1. The molecular formula is C24H26N6O3. The van der Waals surface area contributed by atoms with Crippen LogP contribution in [0.3, 0.4) is 0 Å². The molecule has 0 spiro atoms. The van der Waals surface area contributed by atoms with E-state index in [1.54, 1.807) is 32.8 Å². The largest absolute Gasteiger partial charge is 0.497 e. The number of rotatable bonds is 5. The minimum atomic E-state index is 0.000632. The second-order valence-electron chi connectivity index (χ2n) is 8.19.